The third-order valence-corrected chi connectivity index (χ3v) is 8.12. The first-order valence-corrected chi connectivity index (χ1v) is 13.1. The smallest absolute Gasteiger partial charge is 0.179 e. The monoisotopic (exact) mass is 481 g/mol. The zero-order chi connectivity index (χ0) is 24.5. The van der Waals surface area contributed by atoms with Crippen LogP contribution in [0.1, 0.15) is 63.6 Å². The third kappa shape index (κ3) is 4.64. The number of aliphatic imine (C=N–C) groups is 1. The van der Waals surface area contributed by atoms with E-state index in [1.165, 1.54) is 11.1 Å². The molecule has 1 saturated heterocycles. The van der Waals surface area contributed by atoms with E-state index in [9.17, 15) is 0 Å². The van der Waals surface area contributed by atoms with Gasteiger partial charge >= 0.3 is 0 Å². The lowest BCUT2D eigenvalue weighted by atomic mass is 9.66. The quantitative estimate of drug-likeness (QED) is 0.390. The van der Waals surface area contributed by atoms with E-state index in [0.29, 0.717) is 11.3 Å². The topological polar surface area (TPSA) is 27.6 Å². The van der Waals surface area contributed by atoms with Gasteiger partial charge in [-0.05, 0) is 72.5 Å². The number of anilines is 1. The first-order valence-electron chi connectivity index (χ1n) is 12.7. The van der Waals surface area contributed by atoms with E-state index in [1.54, 1.807) is 0 Å². The van der Waals surface area contributed by atoms with Gasteiger partial charge in [-0.2, -0.15) is 0 Å². The maximum absolute atomic E-state index is 5.98. The highest BCUT2D eigenvalue weighted by Crippen LogP contribution is 2.47. The van der Waals surface area contributed by atoms with Gasteiger partial charge in [-0.3, -0.25) is 4.99 Å². The van der Waals surface area contributed by atoms with Crippen LogP contribution in [0.3, 0.4) is 0 Å². The van der Waals surface area contributed by atoms with Crippen molar-refractivity contribution in [3.63, 3.8) is 0 Å². The molecule has 1 aliphatic heterocycles. The zero-order valence-corrected chi connectivity index (χ0v) is 21.8. The minimum atomic E-state index is -0.248. The summed E-state index contributed by atoms with van der Waals surface area (Å²) in [7, 11) is 0. The molecule has 5 rings (SSSR count). The van der Waals surface area contributed by atoms with Gasteiger partial charge in [0, 0.05) is 5.69 Å². The molecule has 2 aliphatic rings. The molecule has 3 aromatic rings. The number of hydrogen-bond donors (Lipinski definition) is 1. The second-order valence-electron chi connectivity index (χ2n) is 11.0. The number of hydrogen-bond acceptors (Lipinski definition) is 2. The normalized spacial score (nSPS) is 23.8. The summed E-state index contributed by atoms with van der Waals surface area (Å²) in [6.45, 7) is 7.12. The fraction of sp³-hybridized carbons (Fsp3) is 0.355. The molecule has 4 heteroatoms. The Morgan fingerprint density at radius 1 is 0.829 bits per heavy atom. The lowest BCUT2D eigenvalue weighted by molar-refractivity contribution is 0.158. The molecule has 3 aromatic carbocycles. The summed E-state index contributed by atoms with van der Waals surface area (Å²) in [6, 6.07) is 31.7. The summed E-state index contributed by atoms with van der Waals surface area (Å²) in [6.07, 6.45) is 4.40. The number of rotatable bonds is 4. The average molecular weight is 482 g/mol. The number of nitrogens with zero attached hydrogens (tertiary/aromatic N) is 2. The molecule has 0 unspecified atom stereocenters. The van der Waals surface area contributed by atoms with Gasteiger partial charge in [0.2, 0.25) is 0 Å². The molecule has 3 nitrogen and oxygen atoms in total. The maximum Gasteiger partial charge on any atom is 0.179 e. The summed E-state index contributed by atoms with van der Waals surface area (Å²) in [4.78, 5) is 7.84. The molecule has 0 radical (unpaired) electrons. The van der Waals surface area contributed by atoms with Crippen molar-refractivity contribution in [1.82, 2.24) is 5.32 Å². The highest BCUT2D eigenvalue weighted by atomic mass is 32.1. The van der Waals surface area contributed by atoms with Crippen LogP contribution in [0.4, 0.5) is 5.69 Å². The number of benzene rings is 3. The van der Waals surface area contributed by atoms with Crippen LogP contribution in [0.15, 0.2) is 96.0 Å². The molecule has 180 valence electrons. The highest BCUT2D eigenvalue weighted by molar-refractivity contribution is 7.80. The van der Waals surface area contributed by atoms with E-state index >= 15 is 0 Å². The van der Waals surface area contributed by atoms with E-state index in [2.05, 4.69) is 122 Å². The lowest BCUT2D eigenvalue weighted by Crippen LogP contribution is -2.53. The molecule has 0 atom stereocenters. The van der Waals surface area contributed by atoms with E-state index in [0.717, 1.165) is 42.3 Å². The Morgan fingerprint density at radius 3 is 1.80 bits per heavy atom. The summed E-state index contributed by atoms with van der Waals surface area (Å²) >= 11 is 5.98. The Morgan fingerprint density at radius 2 is 1.31 bits per heavy atom. The standard InChI is InChI=1S/C31H35N3S/c1-30(2,3)25-19-21-31(22-20-25)28(33-29(35)34(31)26-17-11-6-12-18-26)32-27(23-13-7-4-8-14-23)24-15-9-5-10-16-24/h4-18,25,27H,19-22H2,1-3H3,(H,32,33,35). The summed E-state index contributed by atoms with van der Waals surface area (Å²) in [5.41, 5.74) is 3.58. The van der Waals surface area contributed by atoms with Gasteiger partial charge in [0.25, 0.3) is 0 Å². The van der Waals surface area contributed by atoms with Crippen LogP contribution < -0.4 is 10.2 Å². The molecule has 0 amide bonds. The lowest BCUT2D eigenvalue weighted by Gasteiger charge is -2.46. The average Bonchev–Trinajstić information content (AvgIpc) is 3.13. The van der Waals surface area contributed by atoms with Crippen molar-refractivity contribution >= 4 is 28.9 Å². The van der Waals surface area contributed by atoms with Gasteiger partial charge in [0.05, 0.1) is 0 Å². The largest absolute Gasteiger partial charge is 0.319 e. The Labute approximate surface area is 215 Å². The van der Waals surface area contributed by atoms with Crippen molar-refractivity contribution in [3.8, 4) is 0 Å². The van der Waals surface area contributed by atoms with Crippen LogP contribution >= 0.6 is 12.2 Å². The van der Waals surface area contributed by atoms with Crippen LogP contribution in [0.2, 0.25) is 0 Å². The van der Waals surface area contributed by atoms with Crippen molar-refractivity contribution in [3.05, 3.63) is 102 Å². The predicted molar refractivity (Wildman–Crippen MR) is 151 cm³/mol. The van der Waals surface area contributed by atoms with Crippen molar-refractivity contribution in [2.24, 2.45) is 16.3 Å². The molecule has 1 spiro atoms. The van der Waals surface area contributed by atoms with Crippen LogP contribution in [0.25, 0.3) is 0 Å². The molecule has 1 heterocycles. The fourth-order valence-corrected chi connectivity index (χ4v) is 6.21. The maximum atomic E-state index is 5.98. The van der Waals surface area contributed by atoms with E-state index in [4.69, 9.17) is 17.2 Å². The Balaban J connectivity index is 1.61. The van der Waals surface area contributed by atoms with Gasteiger partial charge in [-0.1, -0.05) is 99.6 Å². The van der Waals surface area contributed by atoms with Gasteiger partial charge in [-0.25, -0.2) is 0 Å². The molecular weight excluding hydrogens is 446 g/mol. The first kappa shape index (κ1) is 23.7. The van der Waals surface area contributed by atoms with Crippen molar-refractivity contribution in [2.75, 3.05) is 4.90 Å². The highest BCUT2D eigenvalue weighted by Gasteiger charge is 2.52. The predicted octanol–water partition coefficient (Wildman–Crippen LogP) is 7.54. The zero-order valence-electron chi connectivity index (χ0n) is 20.9. The minimum Gasteiger partial charge on any atom is -0.319 e. The first-order chi connectivity index (χ1) is 16.9. The molecule has 1 N–H and O–H groups in total. The number of para-hydroxylation sites is 1. The van der Waals surface area contributed by atoms with Crippen molar-refractivity contribution < 1.29 is 0 Å². The van der Waals surface area contributed by atoms with Crippen LogP contribution in [-0.4, -0.2) is 16.5 Å². The fourth-order valence-electron chi connectivity index (χ4n) is 5.83. The Hall–Kier alpha value is -2.98. The van der Waals surface area contributed by atoms with Gasteiger partial charge in [-0.15, -0.1) is 0 Å². The summed E-state index contributed by atoms with van der Waals surface area (Å²) in [5.74, 6) is 1.71. The third-order valence-electron chi connectivity index (χ3n) is 7.84. The number of thiocarbonyl (C=S) groups is 1. The molecule has 1 saturated carbocycles. The van der Waals surface area contributed by atoms with Gasteiger partial charge < -0.3 is 10.2 Å². The molecule has 1 aliphatic carbocycles. The SMILES string of the molecule is CC(C)(C)C1CCC2(CC1)C(=NC(c1ccccc1)c1ccccc1)NC(=S)N2c1ccccc1. The molecule has 0 aromatic heterocycles. The van der Waals surface area contributed by atoms with Gasteiger partial charge in [0.15, 0.2) is 5.11 Å². The van der Waals surface area contributed by atoms with E-state index < -0.39 is 0 Å². The summed E-state index contributed by atoms with van der Waals surface area (Å²) in [5, 5.41) is 4.35. The molecule has 35 heavy (non-hydrogen) atoms. The number of nitrogens with one attached hydrogen (secondary N) is 1. The summed E-state index contributed by atoms with van der Waals surface area (Å²) < 4.78 is 0. The second kappa shape index (κ2) is 9.58. The molecule has 0 bridgehead atoms. The van der Waals surface area contributed by atoms with Crippen molar-refractivity contribution in [1.29, 1.82) is 0 Å². The molecule has 2 fully saturated rings. The van der Waals surface area contributed by atoms with Crippen molar-refractivity contribution in [2.45, 2.75) is 58.0 Å². The van der Waals surface area contributed by atoms with Crippen LogP contribution in [0.5, 0.6) is 0 Å². The minimum absolute atomic E-state index is 0.0874. The van der Waals surface area contributed by atoms with Gasteiger partial charge in [0.1, 0.15) is 17.4 Å². The van der Waals surface area contributed by atoms with Crippen LogP contribution in [0, 0.1) is 11.3 Å². The van der Waals surface area contributed by atoms with E-state index in [-0.39, 0.29) is 11.6 Å². The van der Waals surface area contributed by atoms with E-state index in [1.807, 2.05) is 0 Å². The molecular formula is C31H35N3S. The Kier molecular flexibility index (Phi) is 6.50. The number of amidine groups is 1. The Bertz CT molecular complexity index is 1130. The van der Waals surface area contributed by atoms with Crippen LogP contribution in [-0.2, 0) is 0 Å². The second-order valence-corrected chi connectivity index (χ2v) is 11.4.